The van der Waals surface area contributed by atoms with Crippen molar-refractivity contribution in [2.45, 2.75) is 38.9 Å². The summed E-state index contributed by atoms with van der Waals surface area (Å²) in [6.07, 6.45) is 1.82. The maximum atomic E-state index is 13.5. The van der Waals surface area contributed by atoms with E-state index in [1.165, 1.54) is 12.1 Å². The number of nitrogens with one attached hydrogen (secondary N) is 1. The normalized spacial score (nSPS) is 20.5. The van der Waals surface area contributed by atoms with Gasteiger partial charge in [0.25, 0.3) is 0 Å². The summed E-state index contributed by atoms with van der Waals surface area (Å²) in [5.74, 6) is -1.01. The molecule has 22 heavy (non-hydrogen) atoms. The third kappa shape index (κ3) is 3.34. The van der Waals surface area contributed by atoms with Crippen molar-refractivity contribution in [3.05, 3.63) is 35.1 Å². The van der Waals surface area contributed by atoms with Crippen molar-refractivity contribution < 1.29 is 18.8 Å². The lowest BCUT2D eigenvalue weighted by Gasteiger charge is -2.32. The summed E-state index contributed by atoms with van der Waals surface area (Å²) in [6.45, 7) is 8.52. The Kier molecular flexibility index (Phi) is 4.66. The highest BCUT2D eigenvalue weighted by atomic mass is 19.1. The number of benzene rings is 1. The van der Waals surface area contributed by atoms with Crippen LogP contribution in [0.4, 0.5) is 4.39 Å². The molecule has 0 bridgehead atoms. The third-order valence-corrected chi connectivity index (χ3v) is 4.26. The first-order valence-corrected chi connectivity index (χ1v) is 7.35. The van der Waals surface area contributed by atoms with Gasteiger partial charge in [-0.3, -0.25) is 0 Å². The molecule has 1 saturated heterocycles. The highest BCUT2D eigenvalue weighted by molar-refractivity contribution is 6.55. The highest BCUT2D eigenvalue weighted by Gasteiger charge is 2.52. The van der Waals surface area contributed by atoms with Gasteiger partial charge in [0.05, 0.1) is 11.2 Å². The standard InChI is InChI=1S/C16H23BFNO3/c1-15(2)16(3,4)22-17(21-15)12(10-19-5)8-11-6-7-14(20)13(18)9-11/h6-9,19-20H,10H2,1-5H3. The van der Waals surface area contributed by atoms with Gasteiger partial charge >= 0.3 is 7.12 Å². The second-order valence-corrected chi connectivity index (χ2v) is 6.55. The highest BCUT2D eigenvalue weighted by Crippen LogP contribution is 2.38. The van der Waals surface area contributed by atoms with Crippen LogP contribution in [0.3, 0.4) is 0 Å². The van der Waals surface area contributed by atoms with Crippen LogP contribution in [-0.4, -0.2) is 37.0 Å². The lowest BCUT2D eigenvalue weighted by molar-refractivity contribution is 0.00578. The summed E-state index contributed by atoms with van der Waals surface area (Å²) in [7, 11) is 1.34. The Balaban J connectivity index is 2.31. The molecule has 1 heterocycles. The fourth-order valence-electron chi connectivity index (χ4n) is 2.23. The molecule has 6 heteroatoms. The monoisotopic (exact) mass is 307 g/mol. The van der Waals surface area contributed by atoms with Crippen molar-refractivity contribution in [2.75, 3.05) is 13.6 Å². The lowest BCUT2D eigenvalue weighted by atomic mass is 9.77. The van der Waals surface area contributed by atoms with Gasteiger partial charge in [-0.15, -0.1) is 0 Å². The second-order valence-electron chi connectivity index (χ2n) is 6.55. The number of likely N-dealkylation sites (N-methyl/N-ethyl adjacent to an activating group) is 1. The molecule has 0 amide bonds. The lowest BCUT2D eigenvalue weighted by Crippen LogP contribution is -2.41. The smallest absolute Gasteiger partial charge is 0.491 e. The maximum absolute atomic E-state index is 13.5. The number of halogens is 1. The molecule has 0 aliphatic carbocycles. The van der Waals surface area contributed by atoms with Crippen LogP contribution in [0.25, 0.3) is 6.08 Å². The topological polar surface area (TPSA) is 50.7 Å². The van der Waals surface area contributed by atoms with Crippen LogP contribution in [0.1, 0.15) is 33.3 Å². The third-order valence-electron chi connectivity index (χ3n) is 4.26. The van der Waals surface area contributed by atoms with Crippen molar-refractivity contribution >= 4 is 13.2 Å². The molecule has 0 radical (unpaired) electrons. The van der Waals surface area contributed by atoms with Crippen LogP contribution in [0.5, 0.6) is 5.75 Å². The van der Waals surface area contributed by atoms with Crippen LogP contribution in [0.2, 0.25) is 0 Å². The van der Waals surface area contributed by atoms with Crippen molar-refractivity contribution in [3.63, 3.8) is 0 Å². The fourth-order valence-corrected chi connectivity index (χ4v) is 2.23. The molecule has 4 nitrogen and oxygen atoms in total. The van der Waals surface area contributed by atoms with E-state index in [1.807, 2.05) is 40.8 Å². The molecule has 1 fully saturated rings. The summed E-state index contributed by atoms with van der Waals surface area (Å²) < 4.78 is 25.5. The SMILES string of the molecule is CNCC(=Cc1ccc(O)c(F)c1)B1OC(C)(C)C(C)(C)O1. The molecular weight excluding hydrogens is 284 g/mol. The molecule has 0 aromatic heterocycles. The van der Waals surface area contributed by atoms with E-state index in [9.17, 15) is 9.50 Å². The van der Waals surface area contributed by atoms with Crippen molar-refractivity contribution in [3.8, 4) is 5.75 Å². The number of phenols is 1. The second kappa shape index (κ2) is 6.03. The van der Waals surface area contributed by atoms with Gasteiger partial charge in [0, 0.05) is 6.54 Å². The van der Waals surface area contributed by atoms with Crippen molar-refractivity contribution in [2.24, 2.45) is 0 Å². The molecule has 2 N–H and O–H groups in total. The largest absolute Gasteiger partial charge is 0.505 e. The number of aromatic hydroxyl groups is 1. The first-order chi connectivity index (χ1) is 10.2. The average molecular weight is 307 g/mol. The molecule has 0 atom stereocenters. The Hall–Kier alpha value is -1.37. The number of phenolic OH excluding ortho intramolecular Hbond substituents is 1. The van der Waals surface area contributed by atoms with Crippen molar-refractivity contribution in [1.82, 2.24) is 5.32 Å². The summed E-state index contributed by atoms with van der Waals surface area (Å²) in [6, 6.07) is 4.28. The van der Waals surface area contributed by atoms with E-state index in [1.54, 1.807) is 6.07 Å². The summed E-state index contributed by atoms with van der Waals surface area (Å²) >= 11 is 0. The predicted molar refractivity (Wildman–Crippen MR) is 86.1 cm³/mol. The van der Waals surface area contributed by atoms with Crippen LogP contribution < -0.4 is 5.32 Å². The zero-order valence-electron chi connectivity index (χ0n) is 13.7. The van der Waals surface area contributed by atoms with Gasteiger partial charge in [-0.1, -0.05) is 12.1 Å². The Morgan fingerprint density at radius 1 is 1.27 bits per heavy atom. The van der Waals surface area contributed by atoms with E-state index in [0.717, 1.165) is 5.47 Å². The van der Waals surface area contributed by atoms with Gasteiger partial charge in [0.1, 0.15) is 0 Å². The zero-order valence-corrected chi connectivity index (χ0v) is 13.7. The van der Waals surface area contributed by atoms with Gasteiger partial charge in [-0.2, -0.15) is 0 Å². The Morgan fingerprint density at radius 3 is 2.36 bits per heavy atom. The molecule has 120 valence electrons. The van der Waals surface area contributed by atoms with Crippen LogP contribution in [-0.2, 0) is 9.31 Å². The molecule has 0 unspecified atom stereocenters. The number of hydrogen-bond acceptors (Lipinski definition) is 4. The zero-order chi connectivity index (χ0) is 16.5. The van der Waals surface area contributed by atoms with E-state index in [0.29, 0.717) is 12.1 Å². The van der Waals surface area contributed by atoms with Gasteiger partial charge in [0.2, 0.25) is 0 Å². The quantitative estimate of drug-likeness (QED) is 0.840. The Morgan fingerprint density at radius 2 is 1.86 bits per heavy atom. The first kappa shape index (κ1) is 17.0. The van der Waals surface area contributed by atoms with E-state index in [-0.39, 0.29) is 5.75 Å². The molecule has 0 spiro atoms. The average Bonchev–Trinajstić information content (AvgIpc) is 2.62. The Labute approximate surface area is 131 Å². The molecule has 1 aliphatic rings. The number of rotatable bonds is 4. The maximum Gasteiger partial charge on any atom is 0.491 e. The number of hydrogen-bond donors (Lipinski definition) is 2. The molecule has 2 rings (SSSR count). The molecular formula is C16H23BFNO3. The van der Waals surface area contributed by atoms with Crippen LogP contribution in [0.15, 0.2) is 23.7 Å². The first-order valence-electron chi connectivity index (χ1n) is 7.35. The summed E-state index contributed by atoms with van der Waals surface area (Å²) in [5.41, 5.74) is 0.664. The van der Waals surface area contributed by atoms with E-state index >= 15 is 0 Å². The minimum absolute atomic E-state index is 0.358. The van der Waals surface area contributed by atoms with E-state index in [2.05, 4.69) is 5.32 Å². The van der Waals surface area contributed by atoms with Gasteiger partial charge in [-0.25, -0.2) is 4.39 Å². The molecule has 1 aromatic rings. The summed E-state index contributed by atoms with van der Waals surface area (Å²) in [4.78, 5) is 0. The molecule has 1 aliphatic heterocycles. The fraction of sp³-hybridized carbons (Fsp3) is 0.500. The van der Waals surface area contributed by atoms with Gasteiger partial charge < -0.3 is 19.7 Å². The summed E-state index contributed by atoms with van der Waals surface area (Å²) in [5, 5.41) is 12.3. The van der Waals surface area contributed by atoms with Crippen molar-refractivity contribution in [1.29, 1.82) is 0 Å². The minimum Gasteiger partial charge on any atom is -0.505 e. The minimum atomic E-state index is -0.647. The molecule has 1 aromatic carbocycles. The van der Waals surface area contributed by atoms with Gasteiger partial charge in [0.15, 0.2) is 11.6 Å². The van der Waals surface area contributed by atoms with Crippen LogP contribution in [0, 0.1) is 5.82 Å². The predicted octanol–water partition coefficient (Wildman–Crippen LogP) is 2.77. The van der Waals surface area contributed by atoms with E-state index in [4.69, 9.17) is 9.31 Å². The van der Waals surface area contributed by atoms with E-state index < -0.39 is 24.1 Å². The van der Waals surface area contributed by atoms with Crippen LogP contribution >= 0.6 is 0 Å². The molecule has 0 saturated carbocycles. The van der Waals surface area contributed by atoms with Gasteiger partial charge in [-0.05, 0) is 57.9 Å². The Bertz CT molecular complexity index is 571.